The molecule has 5 aromatic rings. The van der Waals surface area contributed by atoms with E-state index in [9.17, 15) is 9.90 Å². The Morgan fingerprint density at radius 2 is 1.56 bits per heavy atom. The van der Waals surface area contributed by atoms with Crippen LogP contribution in [0.5, 0.6) is 0 Å². The zero-order chi connectivity index (χ0) is 24.7. The van der Waals surface area contributed by atoms with Crippen LogP contribution in [0.4, 0.5) is 5.69 Å². The van der Waals surface area contributed by atoms with Gasteiger partial charge < -0.3 is 9.84 Å². The summed E-state index contributed by atoms with van der Waals surface area (Å²) < 4.78 is 7.57. The molecule has 1 aliphatic rings. The van der Waals surface area contributed by atoms with Crippen LogP contribution in [-0.4, -0.2) is 17.7 Å². The van der Waals surface area contributed by atoms with Gasteiger partial charge >= 0.3 is 5.97 Å². The molecule has 0 aliphatic carbocycles. The van der Waals surface area contributed by atoms with Crippen LogP contribution in [0, 0.1) is 0 Å². The van der Waals surface area contributed by atoms with Crippen LogP contribution < -0.4 is 10.1 Å². The van der Waals surface area contributed by atoms with Crippen molar-refractivity contribution in [3.8, 4) is 11.1 Å². The van der Waals surface area contributed by atoms with Crippen molar-refractivity contribution in [3.63, 3.8) is 0 Å². The molecule has 2 heterocycles. The summed E-state index contributed by atoms with van der Waals surface area (Å²) in [5.74, 6) is -0.668. The summed E-state index contributed by atoms with van der Waals surface area (Å²) in [5, 5.41) is 15.3. The van der Waals surface area contributed by atoms with Crippen LogP contribution in [0.2, 0.25) is 0 Å². The molecule has 0 bridgehead atoms. The molecular formula is C31H27N2O3+. The number of carbonyl (C=O) groups excluding carboxylic acids is 1. The number of esters is 1. The molecule has 178 valence electrons. The maximum atomic E-state index is 13.8. The monoisotopic (exact) mass is 475 g/mol. The summed E-state index contributed by atoms with van der Waals surface area (Å²) in [6.07, 6.45) is 1.62. The minimum Gasteiger partial charge on any atom is -0.463 e. The summed E-state index contributed by atoms with van der Waals surface area (Å²) in [7, 11) is 0. The molecule has 1 aromatic heterocycles. The van der Waals surface area contributed by atoms with Crippen molar-refractivity contribution in [2.75, 3.05) is 12.0 Å². The predicted octanol–water partition coefficient (Wildman–Crippen LogP) is 5.72. The highest BCUT2D eigenvalue weighted by atomic mass is 16.5. The molecular weight excluding hydrogens is 448 g/mol. The lowest BCUT2D eigenvalue weighted by Crippen LogP contribution is -2.59. The lowest BCUT2D eigenvalue weighted by molar-refractivity contribution is -0.631. The Morgan fingerprint density at radius 1 is 0.861 bits per heavy atom. The van der Waals surface area contributed by atoms with E-state index < -0.39 is 11.6 Å². The number of fused-ring (bicyclic) bond motifs is 7. The van der Waals surface area contributed by atoms with Gasteiger partial charge in [0.2, 0.25) is 5.52 Å². The van der Waals surface area contributed by atoms with Crippen LogP contribution in [0.15, 0.2) is 97.1 Å². The van der Waals surface area contributed by atoms with E-state index in [1.165, 1.54) is 0 Å². The first kappa shape index (κ1) is 22.3. The normalized spacial score (nSPS) is 16.3. The third kappa shape index (κ3) is 3.28. The van der Waals surface area contributed by atoms with Gasteiger partial charge in [0.15, 0.2) is 0 Å². The lowest BCUT2D eigenvalue weighted by Gasteiger charge is -2.32. The second kappa shape index (κ2) is 8.77. The van der Waals surface area contributed by atoms with Crippen LogP contribution in [0.25, 0.3) is 32.8 Å². The van der Waals surface area contributed by atoms with E-state index in [1.54, 1.807) is 0 Å². The molecule has 0 radical (unpaired) electrons. The van der Waals surface area contributed by atoms with Gasteiger partial charge in [0.1, 0.15) is 5.69 Å². The minimum absolute atomic E-state index is 0.254. The van der Waals surface area contributed by atoms with Gasteiger partial charge in [-0.2, -0.15) is 5.43 Å². The Kier molecular flexibility index (Phi) is 5.42. The molecule has 0 saturated carbocycles. The van der Waals surface area contributed by atoms with Crippen molar-refractivity contribution in [2.24, 2.45) is 0 Å². The Labute approximate surface area is 209 Å². The summed E-state index contributed by atoms with van der Waals surface area (Å²) in [4.78, 5) is 13.8. The van der Waals surface area contributed by atoms with E-state index in [4.69, 9.17) is 4.74 Å². The number of pyridine rings is 1. The average molecular weight is 476 g/mol. The van der Waals surface area contributed by atoms with Crippen molar-refractivity contribution in [1.29, 1.82) is 0 Å². The molecule has 1 unspecified atom stereocenters. The number of carbonyl (C=O) groups is 1. The zero-order valence-corrected chi connectivity index (χ0v) is 20.1. The van der Waals surface area contributed by atoms with Crippen molar-refractivity contribution < 1.29 is 19.3 Å². The van der Waals surface area contributed by atoms with E-state index >= 15 is 0 Å². The van der Waals surface area contributed by atoms with Crippen molar-refractivity contribution in [3.05, 3.63) is 108 Å². The molecule has 4 aromatic carbocycles. The van der Waals surface area contributed by atoms with Gasteiger partial charge in [-0.3, -0.25) is 0 Å². The van der Waals surface area contributed by atoms with Crippen LogP contribution >= 0.6 is 0 Å². The Bertz CT molecular complexity index is 1610. The Hall–Kier alpha value is -4.22. The van der Waals surface area contributed by atoms with Gasteiger partial charge in [0.25, 0.3) is 11.3 Å². The lowest BCUT2D eigenvalue weighted by atomic mass is 9.82. The van der Waals surface area contributed by atoms with Gasteiger partial charge in [-0.25, -0.2) is 4.79 Å². The summed E-state index contributed by atoms with van der Waals surface area (Å²) >= 11 is 0. The molecule has 1 aliphatic heterocycles. The molecule has 1 atom stereocenters. The molecule has 36 heavy (non-hydrogen) atoms. The van der Waals surface area contributed by atoms with E-state index in [0.717, 1.165) is 45.6 Å². The minimum atomic E-state index is -2.01. The summed E-state index contributed by atoms with van der Waals surface area (Å²) in [5.41, 5.74) is 5.90. The van der Waals surface area contributed by atoms with Crippen molar-refractivity contribution in [1.82, 2.24) is 0 Å². The largest absolute Gasteiger partial charge is 0.463 e. The smallest absolute Gasteiger partial charge is 0.354 e. The average Bonchev–Trinajstić information content (AvgIpc) is 2.93. The molecule has 0 saturated heterocycles. The third-order valence-electron chi connectivity index (χ3n) is 6.97. The number of nitrogens with zero attached hydrogens (tertiary/aromatic N) is 1. The van der Waals surface area contributed by atoms with Gasteiger partial charge in [0.05, 0.1) is 17.4 Å². The molecule has 5 heteroatoms. The molecule has 0 amide bonds. The number of aromatic nitrogens is 1. The standard InChI is InChI=1S/C31H27N2O3/c1-2-3-20-36-30(34)31(35)26-18-11-17-22(21-12-5-4-6-13-21)28(26)32-33-27-19-10-9-15-24(27)23-14-7-8-16-25(23)29(31)33/h4-19,32,35H,2-3,20H2,1H3/q+1. The first-order chi connectivity index (χ1) is 17.6. The Balaban J connectivity index is 1.71. The zero-order valence-electron chi connectivity index (χ0n) is 20.1. The number of ether oxygens (including phenoxy) is 1. The SMILES string of the molecule is CCCCOC(=O)C1(O)c2cccc(-c3ccccc3)c2N[n+]2c1c1ccccc1c1ccccc12. The molecule has 6 rings (SSSR count). The highest BCUT2D eigenvalue weighted by Crippen LogP contribution is 2.45. The Morgan fingerprint density at radius 3 is 2.33 bits per heavy atom. The summed E-state index contributed by atoms with van der Waals surface area (Å²) in [6, 6.07) is 31.6. The van der Waals surface area contributed by atoms with E-state index in [-0.39, 0.29) is 6.61 Å². The predicted molar refractivity (Wildman–Crippen MR) is 141 cm³/mol. The first-order valence-corrected chi connectivity index (χ1v) is 12.4. The van der Waals surface area contributed by atoms with Gasteiger partial charge in [0, 0.05) is 22.6 Å². The van der Waals surface area contributed by atoms with E-state index in [1.807, 2.05) is 103 Å². The first-order valence-electron chi connectivity index (χ1n) is 12.4. The number of anilines is 1. The fraction of sp³-hybridized carbons (Fsp3) is 0.161. The van der Waals surface area contributed by atoms with Crippen molar-refractivity contribution in [2.45, 2.75) is 25.4 Å². The van der Waals surface area contributed by atoms with Gasteiger partial charge in [-0.15, -0.1) is 0 Å². The maximum Gasteiger partial charge on any atom is 0.354 e. The molecule has 2 N–H and O–H groups in total. The van der Waals surface area contributed by atoms with Crippen molar-refractivity contribution >= 4 is 33.3 Å². The number of aliphatic hydroxyl groups is 1. The maximum absolute atomic E-state index is 13.8. The quantitative estimate of drug-likeness (QED) is 0.148. The topological polar surface area (TPSA) is 62.4 Å². The summed E-state index contributed by atoms with van der Waals surface area (Å²) in [6.45, 7) is 2.30. The van der Waals surface area contributed by atoms with E-state index in [2.05, 4.69) is 11.5 Å². The second-order valence-corrected chi connectivity index (χ2v) is 9.15. The number of hydrogen-bond donors (Lipinski definition) is 2. The number of nitrogens with one attached hydrogen (secondary N) is 1. The molecule has 0 fully saturated rings. The number of unbranched alkanes of at least 4 members (excludes halogenated alkanes) is 1. The number of hydrogen-bond acceptors (Lipinski definition) is 4. The number of rotatable bonds is 5. The van der Waals surface area contributed by atoms with E-state index in [0.29, 0.717) is 16.9 Å². The second-order valence-electron chi connectivity index (χ2n) is 9.15. The molecule has 0 spiro atoms. The number of para-hydroxylation sites is 2. The fourth-order valence-corrected chi connectivity index (χ4v) is 5.23. The van der Waals surface area contributed by atoms with Gasteiger partial charge in [-0.05, 0) is 24.1 Å². The van der Waals surface area contributed by atoms with Gasteiger partial charge in [-0.1, -0.05) is 96.9 Å². The fourth-order valence-electron chi connectivity index (χ4n) is 5.23. The highest BCUT2D eigenvalue weighted by Gasteiger charge is 2.55. The number of benzene rings is 4. The highest BCUT2D eigenvalue weighted by molar-refractivity contribution is 6.07. The van der Waals surface area contributed by atoms with Crippen LogP contribution in [-0.2, 0) is 15.1 Å². The van der Waals surface area contributed by atoms with Crippen LogP contribution in [0.1, 0.15) is 31.0 Å². The third-order valence-corrected chi connectivity index (χ3v) is 6.97. The molecule has 5 nitrogen and oxygen atoms in total. The van der Waals surface area contributed by atoms with Crippen LogP contribution in [0.3, 0.4) is 0 Å².